The summed E-state index contributed by atoms with van der Waals surface area (Å²) in [6.45, 7) is 6.57. The molecule has 4 nitrogen and oxygen atoms in total. The summed E-state index contributed by atoms with van der Waals surface area (Å²) in [5.74, 6) is 0.381. The average molecular weight is 300 g/mol. The Hall–Kier alpha value is -0.580. The molecule has 2 rings (SSSR count). The molecule has 0 bridgehead atoms. The molecule has 0 spiro atoms. The van der Waals surface area contributed by atoms with Crippen LogP contribution in [0.5, 0.6) is 0 Å². The number of nitrogens with one attached hydrogen (secondary N) is 1. The fraction of sp³-hybridized carbons (Fsp3) is 0.800. The summed E-state index contributed by atoms with van der Waals surface area (Å²) in [5.41, 5.74) is 2.04. The van der Waals surface area contributed by atoms with Gasteiger partial charge < -0.3 is 10.4 Å². The number of aryl methyl sites for hydroxylation is 2. The first-order valence-corrected chi connectivity index (χ1v) is 8.18. The predicted octanol–water partition coefficient (Wildman–Crippen LogP) is 2.76. The van der Waals surface area contributed by atoms with Crippen molar-refractivity contribution >= 4 is 11.6 Å². The molecule has 114 valence electrons. The van der Waals surface area contributed by atoms with Crippen molar-refractivity contribution in [3.05, 3.63) is 16.4 Å². The lowest BCUT2D eigenvalue weighted by Gasteiger charge is -2.27. The maximum absolute atomic E-state index is 9.98. The van der Waals surface area contributed by atoms with Gasteiger partial charge in [0.25, 0.3) is 0 Å². The standard InChI is InChI=1S/C15H26ClN3O/c1-3-12-15(16)13(19(4-2)18-12)10-17-9-11-7-5-6-8-14(11)20/h11,14,17,20H,3-10H2,1-2H3. The van der Waals surface area contributed by atoms with E-state index in [4.69, 9.17) is 11.6 Å². The molecule has 0 radical (unpaired) electrons. The quantitative estimate of drug-likeness (QED) is 0.849. The molecule has 0 saturated heterocycles. The number of nitrogens with zero attached hydrogens (tertiary/aromatic N) is 2. The number of aliphatic hydroxyl groups is 1. The zero-order valence-electron chi connectivity index (χ0n) is 12.5. The summed E-state index contributed by atoms with van der Waals surface area (Å²) < 4.78 is 1.98. The van der Waals surface area contributed by atoms with Gasteiger partial charge >= 0.3 is 0 Å². The Morgan fingerprint density at radius 2 is 2.10 bits per heavy atom. The van der Waals surface area contributed by atoms with E-state index in [9.17, 15) is 5.11 Å². The van der Waals surface area contributed by atoms with Crippen molar-refractivity contribution in [1.82, 2.24) is 15.1 Å². The molecule has 0 aromatic carbocycles. The van der Waals surface area contributed by atoms with Crippen LogP contribution in [0.25, 0.3) is 0 Å². The number of hydrogen-bond donors (Lipinski definition) is 2. The number of rotatable bonds is 6. The Labute approximate surface area is 126 Å². The van der Waals surface area contributed by atoms with Crippen LogP contribution in [0.1, 0.15) is 50.9 Å². The van der Waals surface area contributed by atoms with Crippen molar-refractivity contribution in [3.8, 4) is 0 Å². The van der Waals surface area contributed by atoms with E-state index >= 15 is 0 Å². The zero-order chi connectivity index (χ0) is 14.5. The molecule has 1 saturated carbocycles. The lowest BCUT2D eigenvalue weighted by molar-refractivity contribution is 0.0694. The number of halogens is 1. The Morgan fingerprint density at radius 1 is 1.35 bits per heavy atom. The fourth-order valence-corrected chi connectivity index (χ4v) is 3.32. The molecule has 0 aliphatic heterocycles. The van der Waals surface area contributed by atoms with E-state index in [0.717, 1.165) is 61.7 Å². The van der Waals surface area contributed by atoms with E-state index in [1.807, 2.05) is 4.68 Å². The molecule has 1 aromatic rings. The molecule has 1 aromatic heterocycles. The topological polar surface area (TPSA) is 50.1 Å². The molecule has 1 aliphatic rings. The Balaban J connectivity index is 1.91. The minimum Gasteiger partial charge on any atom is -0.393 e. The third-order valence-electron chi connectivity index (χ3n) is 4.26. The van der Waals surface area contributed by atoms with Gasteiger partial charge in [0.2, 0.25) is 0 Å². The van der Waals surface area contributed by atoms with Gasteiger partial charge in [-0.1, -0.05) is 31.4 Å². The first kappa shape index (κ1) is 15.8. The second-order valence-electron chi connectivity index (χ2n) is 5.62. The van der Waals surface area contributed by atoms with Crippen LogP contribution in [0.4, 0.5) is 0 Å². The molecule has 2 atom stereocenters. The van der Waals surface area contributed by atoms with Crippen LogP contribution in [-0.4, -0.2) is 27.5 Å². The van der Waals surface area contributed by atoms with Gasteiger partial charge in [-0.2, -0.15) is 5.10 Å². The third kappa shape index (κ3) is 3.54. The number of aliphatic hydroxyl groups excluding tert-OH is 1. The summed E-state index contributed by atoms with van der Waals surface area (Å²) >= 11 is 6.39. The molecular weight excluding hydrogens is 274 g/mol. The summed E-state index contributed by atoms with van der Waals surface area (Å²) in [6, 6.07) is 0. The van der Waals surface area contributed by atoms with E-state index in [0.29, 0.717) is 5.92 Å². The van der Waals surface area contributed by atoms with Crippen molar-refractivity contribution in [3.63, 3.8) is 0 Å². The maximum Gasteiger partial charge on any atom is 0.0863 e. The van der Waals surface area contributed by atoms with Crippen LogP contribution in [0.3, 0.4) is 0 Å². The Bertz CT molecular complexity index is 433. The number of aromatic nitrogens is 2. The second kappa shape index (κ2) is 7.43. The molecule has 0 amide bonds. The average Bonchev–Trinajstić information content (AvgIpc) is 2.77. The summed E-state index contributed by atoms with van der Waals surface area (Å²) in [6.07, 6.45) is 5.17. The fourth-order valence-electron chi connectivity index (χ4n) is 2.99. The molecule has 20 heavy (non-hydrogen) atoms. The van der Waals surface area contributed by atoms with Crippen molar-refractivity contribution in [2.45, 2.75) is 65.1 Å². The van der Waals surface area contributed by atoms with Gasteiger partial charge in [-0.15, -0.1) is 0 Å². The van der Waals surface area contributed by atoms with Gasteiger partial charge in [-0.25, -0.2) is 0 Å². The van der Waals surface area contributed by atoms with Gasteiger partial charge in [0.15, 0.2) is 0 Å². The van der Waals surface area contributed by atoms with E-state index in [1.165, 1.54) is 6.42 Å². The Kier molecular flexibility index (Phi) is 5.87. The van der Waals surface area contributed by atoms with Crippen LogP contribution < -0.4 is 5.32 Å². The smallest absolute Gasteiger partial charge is 0.0863 e. The van der Waals surface area contributed by atoms with E-state index in [-0.39, 0.29) is 6.10 Å². The lowest BCUT2D eigenvalue weighted by atomic mass is 9.86. The lowest BCUT2D eigenvalue weighted by Crippen LogP contribution is -2.34. The van der Waals surface area contributed by atoms with Crippen LogP contribution in [0.2, 0.25) is 5.02 Å². The highest BCUT2D eigenvalue weighted by molar-refractivity contribution is 6.31. The van der Waals surface area contributed by atoms with Gasteiger partial charge in [0, 0.05) is 19.6 Å². The SMILES string of the molecule is CCc1nn(CC)c(CNCC2CCCCC2O)c1Cl. The van der Waals surface area contributed by atoms with Crippen LogP contribution in [0, 0.1) is 5.92 Å². The normalized spacial score (nSPS) is 23.2. The first-order chi connectivity index (χ1) is 9.67. The minimum absolute atomic E-state index is 0.144. The Morgan fingerprint density at radius 3 is 2.75 bits per heavy atom. The molecule has 2 unspecified atom stereocenters. The van der Waals surface area contributed by atoms with Gasteiger partial charge in [0.05, 0.1) is 22.5 Å². The van der Waals surface area contributed by atoms with E-state index < -0.39 is 0 Å². The largest absolute Gasteiger partial charge is 0.393 e. The summed E-state index contributed by atoms with van der Waals surface area (Å²) in [5, 5.41) is 18.7. The van der Waals surface area contributed by atoms with E-state index in [1.54, 1.807) is 0 Å². The van der Waals surface area contributed by atoms with Crippen LogP contribution in [0.15, 0.2) is 0 Å². The van der Waals surface area contributed by atoms with Gasteiger partial charge in [-0.3, -0.25) is 4.68 Å². The zero-order valence-corrected chi connectivity index (χ0v) is 13.3. The van der Waals surface area contributed by atoms with Crippen molar-refractivity contribution in [2.75, 3.05) is 6.54 Å². The molecule has 1 aliphatic carbocycles. The number of hydrogen-bond acceptors (Lipinski definition) is 3. The highest BCUT2D eigenvalue weighted by Crippen LogP contribution is 2.24. The minimum atomic E-state index is -0.144. The van der Waals surface area contributed by atoms with E-state index in [2.05, 4.69) is 24.3 Å². The van der Waals surface area contributed by atoms with Crippen molar-refractivity contribution in [1.29, 1.82) is 0 Å². The molecule has 5 heteroatoms. The molecule has 1 heterocycles. The van der Waals surface area contributed by atoms with Crippen LogP contribution >= 0.6 is 11.6 Å². The first-order valence-electron chi connectivity index (χ1n) is 7.80. The molecular formula is C15H26ClN3O. The third-order valence-corrected chi connectivity index (χ3v) is 4.70. The highest BCUT2D eigenvalue weighted by atomic mass is 35.5. The van der Waals surface area contributed by atoms with Crippen LogP contribution in [-0.2, 0) is 19.5 Å². The highest BCUT2D eigenvalue weighted by Gasteiger charge is 2.23. The summed E-state index contributed by atoms with van der Waals surface area (Å²) in [4.78, 5) is 0. The monoisotopic (exact) mass is 299 g/mol. The maximum atomic E-state index is 9.98. The molecule has 1 fully saturated rings. The summed E-state index contributed by atoms with van der Waals surface area (Å²) in [7, 11) is 0. The van der Waals surface area contributed by atoms with Gasteiger partial charge in [0.1, 0.15) is 0 Å². The van der Waals surface area contributed by atoms with Crippen molar-refractivity contribution in [2.24, 2.45) is 5.92 Å². The molecule has 2 N–H and O–H groups in total. The van der Waals surface area contributed by atoms with Gasteiger partial charge in [-0.05, 0) is 32.1 Å². The second-order valence-corrected chi connectivity index (χ2v) is 6.00. The van der Waals surface area contributed by atoms with Crippen molar-refractivity contribution < 1.29 is 5.11 Å². The predicted molar refractivity (Wildman–Crippen MR) is 82.0 cm³/mol.